The fourth-order valence-electron chi connectivity index (χ4n) is 2.66. The van der Waals surface area contributed by atoms with E-state index in [-0.39, 0.29) is 0 Å². The zero-order valence-corrected chi connectivity index (χ0v) is 11.1. The molecule has 1 unspecified atom stereocenters. The Bertz CT molecular complexity index is 259. The molecule has 0 heteroatoms. The maximum absolute atomic E-state index is 2.33. The van der Waals surface area contributed by atoms with Gasteiger partial charge in [-0.05, 0) is 23.8 Å². The van der Waals surface area contributed by atoms with E-state index in [4.69, 9.17) is 0 Å². The Morgan fingerprint density at radius 3 is 2.06 bits per heavy atom. The van der Waals surface area contributed by atoms with E-state index in [9.17, 15) is 0 Å². The van der Waals surface area contributed by atoms with Crippen molar-refractivity contribution in [2.24, 2.45) is 5.92 Å². The van der Waals surface area contributed by atoms with Gasteiger partial charge in [0.15, 0.2) is 0 Å². The molecule has 0 radical (unpaired) electrons. The van der Waals surface area contributed by atoms with Crippen molar-refractivity contribution in [1.29, 1.82) is 0 Å². The average Bonchev–Trinajstić information content (AvgIpc) is 2.35. The summed E-state index contributed by atoms with van der Waals surface area (Å²) < 4.78 is 0. The van der Waals surface area contributed by atoms with Gasteiger partial charge in [-0.1, -0.05) is 76.8 Å². The average molecular weight is 218 g/mol. The molecule has 16 heavy (non-hydrogen) atoms. The number of unbranched alkanes of at least 4 members (excludes halogenated alkanes) is 1. The number of benzene rings is 1. The first-order valence-electron chi connectivity index (χ1n) is 6.88. The molecular formula is C16H26. The summed E-state index contributed by atoms with van der Waals surface area (Å²) in [6.45, 7) is 6.95. The predicted octanol–water partition coefficient (Wildman–Crippen LogP) is 5.40. The third kappa shape index (κ3) is 3.66. The Balaban J connectivity index is 2.78. The van der Waals surface area contributed by atoms with E-state index < -0.39 is 0 Å². The van der Waals surface area contributed by atoms with Gasteiger partial charge in [0, 0.05) is 0 Å². The van der Waals surface area contributed by atoms with Crippen LogP contribution in [0.25, 0.3) is 0 Å². The Kier molecular flexibility index (Phi) is 6.22. The van der Waals surface area contributed by atoms with Gasteiger partial charge in [0.2, 0.25) is 0 Å². The molecule has 0 saturated heterocycles. The molecule has 90 valence electrons. The third-order valence-corrected chi connectivity index (χ3v) is 3.71. The Labute approximate surface area is 101 Å². The molecule has 0 heterocycles. The van der Waals surface area contributed by atoms with E-state index in [0.717, 1.165) is 11.8 Å². The van der Waals surface area contributed by atoms with Crippen LogP contribution in [0.3, 0.4) is 0 Å². The van der Waals surface area contributed by atoms with Crippen LogP contribution in [-0.4, -0.2) is 0 Å². The van der Waals surface area contributed by atoms with Crippen molar-refractivity contribution in [2.75, 3.05) is 0 Å². The van der Waals surface area contributed by atoms with E-state index in [1.807, 2.05) is 0 Å². The van der Waals surface area contributed by atoms with Crippen molar-refractivity contribution < 1.29 is 0 Å². The molecule has 0 N–H and O–H groups in total. The first-order valence-corrected chi connectivity index (χ1v) is 6.88. The third-order valence-electron chi connectivity index (χ3n) is 3.71. The lowest BCUT2D eigenvalue weighted by molar-refractivity contribution is 0.371. The maximum Gasteiger partial charge on any atom is -0.0134 e. The van der Waals surface area contributed by atoms with Gasteiger partial charge in [-0.3, -0.25) is 0 Å². The van der Waals surface area contributed by atoms with Crippen molar-refractivity contribution in [2.45, 2.75) is 58.8 Å². The van der Waals surface area contributed by atoms with Crippen LogP contribution in [0.4, 0.5) is 0 Å². The van der Waals surface area contributed by atoms with Crippen molar-refractivity contribution in [3.63, 3.8) is 0 Å². The minimum atomic E-state index is 0.774. The monoisotopic (exact) mass is 218 g/mol. The van der Waals surface area contributed by atoms with Crippen LogP contribution in [-0.2, 0) is 0 Å². The van der Waals surface area contributed by atoms with Crippen molar-refractivity contribution >= 4 is 0 Å². The van der Waals surface area contributed by atoms with E-state index in [1.54, 1.807) is 5.56 Å². The van der Waals surface area contributed by atoms with Crippen LogP contribution >= 0.6 is 0 Å². The van der Waals surface area contributed by atoms with E-state index >= 15 is 0 Å². The van der Waals surface area contributed by atoms with E-state index in [2.05, 4.69) is 51.1 Å². The summed E-state index contributed by atoms with van der Waals surface area (Å²) in [4.78, 5) is 0. The first kappa shape index (κ1) is 13.3. The highest BCUT2D eigenvalue weighted by Gasteiger charge is 2.19. The molecule has 0 bridgehead atoms. The van der Waals surface area contributed by atoms with Gasteiger partial charge >= 0.3 is 0 Å². The Morgan fingerprint density at radius 2 is 1.56 bits per heavy atom. The lowest BCUT2D eigenvalue weighted by Crippen LogP contribution is -2.11. The largest absolute Gasteiger partial charge is 0.0654 e. The molecule has 1 aromatic rings. The summed E-state index contributed by atoms with van der Waals surface area (Å²) in [6.07, 6.45) is 6.63. The minimum Gasteiger partial charge on any atom is -0.0654 e. The molecule has 0 aliphatic rings. The van der Waals surface area contributed by atoms with Crippen molar-refractivity contribution in [3.05, 3.63) is 35.9 Å². The molecule has 0 spiro atoms. The molecule has 0 amide bonds. The highest BCUT2D eigenvalue weighted by atomic mass is 14.2. The predicted molar refractivity (Wildman–Crippen MR) is 72.8 cm³/mol. The zero-order chi connectivity index (χ0) is 11.8. The van der Waals surface area contributed by atoms with Gasteiger partial charge in [0.05, 0.1) is 0 Å². The van der Waals surface area contributed by atoms with Crippen LogP contribution in [0.15, 0.2) is 30.3 Å². The lowest BCUT2D eigenvalue weighted by atomic mass is 9.79. The summed E-state index contributed by atoms with van der Waals surface area (Å²) in [7, 11) is 0. The summed E-state index contributed by atoms with van der Waals surface area (Å²) in [5, 5.41) is 0. The molecule has 0 saturated carbocycles. The second-order valence-electron chi connectivity index (χ2n) is 4.74. The van der Waals surface area contributed by atoms with Crippen LogP contribution in [0.1, 0.15) is 64.4 Å². The Morgan fingerprint density at radius 1 is 0.938 bits per heavy atom. The summed E-state index contributed by atoms with van der Waals surface area (Å²) in [5.74, 6) is 1.63. The molecule has 0 fully saturated rings. The van der Waals surface area contributed by atoms with Crippen molar-refractivity contribution in [3.8, 4) is 0 Å². The van der Waals surface area contributed by atoms with Crippen LogP contribution in [0.2, 0.25) is 0 Å². The fourth-order valence-corrected chi connectivity index (χ4v) is 2.66. The molecular weight excluding hydrogens is 192 g/mol. The standard InChI is InChI=1S/C16H26/c1-4-7-13-16(14(5-2)6-3)15-11-9-8-10-12-15/h8-12,14,16H,4-7,13H2,1-3H3. The summed E-state index contributed by atoms with van der Waals surface area (Å²) in [5.41, 5.74) is 1.55. The number of hydrogen-bond donors (Lipinski definition) is 0. The topological polar surface area (TPSA) is 0 Å². The minimum absolute atomic E-state index is 0.774. The number of rotatable bonds is 7. The van der Waals surface area contributed by atoms with Gasteiger partial charge in [-0.25, -0.2) is 0 Å². The second-order valence-corrected chi connectivity index (χ2v) is 4.74. The maximum atomic E-state index is 2.33. The van der Waals surface area contributed by atoms with Gasteiger partial charge in [-0.2, -0.15) is 0 Å². The van der Waals surface area contributed by atoms with Crippen molar-refractivity contribution in [1.82, 2.24) is 0 Å². The Hall–Kier alpha value is -0.780. The quantitative estimate of drug-likeness (QED) is 0.575. The summed E-state index contributed by atoms with van der Waals surface area (Å²) >= 11 is 0. The molecule has 0 aliphatic heterocycles. The van der Waals surface area contributed by atoms with Gasteiger partial charge in [0.1, 0.15) is 0 Å². The smallest absolute Gasteiger partial charge is 0.0134 e. The normalized spacial score (nSPS) is 13.0. The van der Waals surface area contributed by atoms with Crippen LogP contribution in [0, 0.1) is 5.92 Å². The van der Waals surface area contributed by atoms with Crippen LogP contribution < -0.4 is 0 Å². The molecule has 0 aromatic heterocycles. The zero-order valence-electron chi connectivity index (χ0n) is 11.1. The lowest BCUT2D eigenvalue weighted by Gasteiger charge is -2.25. The highest BCUT2D eigenvalue weighted by Crippen LogP contribution is 2.33. The second kappa shape index (κ2) is 7.49. The molecule has 0 nitrogen and oxygen atoms in total. The van der Waals surface area contributed by atoms with Gasteiger partial charge in [0.25, 0.3) is 0 Å². The number of hydrogen-bond acceptors (Lipinski definition) is 0. The molecule has 1 rings (SSSR count). The van der Waals surface area contributed by atoms with E-state index in [1.165, 1.54) is 32.1 Å². The molecule has 1 aromatic carbocycles. The van der Waals surface area contributed by atoms with Crippen LogP contribution in [0.5, 0.6) is 0 Å². The van der Waals surface area contributed by atoms with E-state index in [0.29, 0.717) is 0 Å². The van der Waals surface area contributed by atoms with Gasteiger partial charge < -0.3 is 0 Å². The molecule has 0 aliphatic carbocycles. The highest BCUT2D eigenvalue weighted by molar-refractivity contribution is 5.20. The first-order chi connectivity index (χ1) is 7.83. The summed E-state index contributed by atoms with van der Waals surface area (Å²) in [6, 6.07) is 11.1. The van der Waals surface area contributed by atoms with Gasteiger partial charge in [-0.15, -0.1) is 0 Å². The molecule has 1 atom stereocenters. The fraction of sp³-hybridized carbons (Fsp3) is 0.625. The SMILES string of the molecule is CCCCC(c1ccccc1)C(CC)CC.